The molecule has 0 bridgehead atoms. The van der Waals surface area contributed by atoms with Crippen LogP contribution in [0, 0.1) is 0 Å². The van der Waals surface area contributed by atoms with E-state index in [2.05, 4.69) is 29.2 Å². The molecular weight excluding hydrogens is 328 g/mol. The number of nitrogens with zero attached hydrogens (tertiary/aromatic N) is 3. The third-order valence-electron chi connectivity index (χ3n) is 4.12. The Balaban J connectivity index is 1.62. The summed E-state index contributed by atoms with van der Waals surface area (Å²) in [5.41, 5.74) is 2.69. The number of aliphatic hydroxyl groups excluding tert-OH is 1. The SMILES string of the molecule is CC(C)c1ccc(NC(=O)c2ncn(CC(O)c3ccccc3)n2)cc1. The summed E-state index contributed by atoms with van der Waals surface area (Å²) >= 11 is 0. The first-order chi connectivity index (χ1) is 12.5. The van der Waals surface area contributed by atoms with Crippen LogP contribution in [0.4, 0.5) is 5.69 Å². The molecular formula is C20H22N4O2. The zero-order valence-corrected chi connectivity index (χ0v) is 14.8. The Morgan fingerprint density at radius 2 is 1.77 bits per heavy atom. The van der Waals surface area contributed by atoms with Crippen LogP contribution in [-0.2, 0) is 6.54 Å². The monoisotopic (exact) mass is 350 g/mol. The maximum atomic E-state index is 12.3. The van der Waals surface area contributed by atoms with Gasteiger partial charge in [-0.2, -0.15) is 0 Å². The van der Waals surface area contributed by atoms with Gasteiger partial charge in [-0.25, -0.2) is 9.67 Å². The highest BCUT2D eigenvalue weighted by molar-refractivity contribution is 6.01. The summed E-state index contributed by atoms with van der Waals surface area (Å²) in [7, 11) is 0. The van der Waals surface area contributed by atoms with Gasteiger partial charge in [0.05, 0.1) is 12.6 Å². The van der Waals surface area contributed by atoms with Crippen LogP contribution in [0.15, 0.2) is 60.9 Å². The highest BCUT2D eigenvalue weighted by Crippen LogP contribution is 2.17. The van der Waals surface area contributed by atoms with E-state index in [1.165, 1.54) is 16.6 Å². The van der Waals surface area contributed by atoms with Crippen molar-refractivity contribution >= 4 is 11.6 Å². The lowest BCUT2D eigenvalue weighted by atomic mass is 10.0. The Morgan fingerprint density at radius 3 is 2.42 bits per heavy atom. The third kappa shape index (κ3) is 4.34. The molecule has 2 aromatic carbocycles. The van der Waals surface area contributed by atoms with Crippen molar-refractivity contribution in [3.05, 3.63) is 77.9 Å². The van der Waals surface area contributed by atoms with Gasteiger partial charge < -0.3 is 10.4 Å². The zero-order chi connectivity index (χ0) is 18.5. The summed E-state index contributed by atoms with van der Waals surface area (Å²) in [6.45, 7) is 4.47. The Bertz CT molecular complexity index is 857. The van der Waals surface area contributed by atoms with Crippen LogP contribution in [0.1, 0.15) is 47.6 Å². The normalized spacial score (nSPS) is 12.2. The molecule has 1 atom stereocenters. The molecule has 0 aliphatic heterocycles. The number of benzene rings is 2. The molecule has 3 rings (SSSR count). The largest absolute Gasteiger partial charge is 0.386 e. The average molecular weight is 350 g/mol. The second-order valence-electron chi connectivity index (χ2n) is 6.45. The van der Waals surface area contributed by atoms with Gasteiger partial charge in [0, 0.05) is 5.69 Å². The third-order valence-corrected chi connectivity index (χ3v) is 4.12. The van der Waals surface area contributed by atoms with Crippen LogP contribution in [0.3, 0.4) is 0 Å². The average Bonchev–Trinajstić information content (AvgIpc) is 3.11. The van der Waals surface area contributed by atoms with Gasteiger partial charge >= 0.3 is 0 Å². The molecule has 2 N–H and O–H groups in total. The first-order valence-electron chi connectivity index (χ1n) is 8.56. The van der Waals surface area contributed by atoms with Crippen molar-refractivity contribution in [2.24, 2.45) is 0 Å². The minimum atomic E-state index is -0.711. The van der Waals surface area contributed by atoms with Gasteiger partial charge in [0.2, 0.25) is 5.82 Å². The maximum Gasteiger partial charge on any atom is 0.295 e. The molecule has 0 saturated carbocycles. The molecule has 0 spiro atoms. The molecule has 26 heavy (non-hydrogen) atoms. The Morgan fingerprint density at radius 1 is 1.08 bits per heavy atom. The predicted octanol–water partition coefficient (Wildman–Crippen LogP) is 3.39. The molecule has 134 valence electrons. The van der Waals surface area contributed by atoms with Crippen LogP contribution in [0.2, 0.25) is 0 Å². The molecule has 1 aromatic heterocycles. The smallest absolute Gasteiger partial charge is 0.295 e. The molecule has 0 saturated heterocycles. The fourth-order valence-corrected chi connectivity index (χ4v) is 2.58. The number of carbonyl (C=O) groups excluding carboxylic acids is 1. The number of hydrogen-bond acceptors (Lipinski definition) is 4. The fraction of sp³-hybridized carbons (Fsp3) is 0.250. The van der Waals surface area contributed by atoms with E-state index in [-0.39, 0.29) is 18.3 Å². The minimum absolute atomic E-state index is 0.0678. The van der Waals surface area contributed by atoms with Crippen LogP contribution in [0.25, 0.3) is 0 Å². The Kier molecular flexibility index (Phi) is 5.43. The number of carbonyl (C=O) groups is 1. The number of anilines is 1. The zero-order valence-electron chi connectivity index (χ0n) is 14.8. The summed E-state index contributed by atoms with van der Waals surface area (Å²) < 4.78 is 1.47. The topological polar surface area (TPSA) is 80.0 Å². The summed E-state index contributed by atoms with van der Waals surface area (Å²) in [5, 5.41) is 17.2. The summed E-state index contributed by atoms with van der Waals surface area (Å²) in [6.07, 6.45) is 0.737. The minimum Gasteiger partial charge on any atom is -0.386 e. The van der Waals surface area contributed by atoms with Crippen LogP contribution in [0.5, 0.6) is 0 Å². The molecule has 0 aliphatic rings. The number of hydrogen-bond donors (Lipinski definition) is 2. The lowest BCUT2D eigenvalue weighted by Gasteiger charge is -2.10. The molecule has 6 heteroatoms. The van der Waals surface area contributed by atoms with Gasteiger partial charge in [-0.1, -0.05) is 56.3 Å². The molecule has 1 heterocycles. The van der Waals surface area contributed by atoms with E-state index in [9.17, 15) is 9.90 Å². The quantitative estimate of drug-likeness (QED) is 0.714. The fourth-order valence-electron chi connectivity index (χ4n) is 2.58. The summed E-state index contributed by atoms with van der Waals surface area (Å²) in [5.74, 6) is 0.126. The first kappa shape index (κ1) is 17.8. The van der Waals surface area contributed by atoms with Crippen molar-refractivity contribution < 1.29 is 9.90 Å². The second kappa shape index (κ2) is 7.93. The highest BCUT2D eigenvalue weighted by atomic mass is 16.3. The summed E-state index contributed by atoms with van der Waals surface area (Å²) in [6, 6.07) is 17.0. The van der Waals surface area contributed by atoms with Gasteiger partial charge in [-0.3, -0.25) is 4.79 Å². The lowest BCUT2D eigenvalue weighted by Crippen LogP contribution is -2.15. The van der Waals surface area contributed by atoms with Gasteiger partial charge in [-0.15, -0.1) is 5.10 Å². The van der Waals surface area contributed by atoms with Gasteiger partial charge in [0.15, 0.2) is 0 Å². The first-order valence-corrected chi connectivity index (χ1v) is 8.56. The molecule has 6 nitrogen and oxygen atoms in total. The Labute approximate surface area is 152 Å². The van der Waals surface area contributed by atoms with E-state index < -0.39 is 6.10 Å². The van der Waals surface area contributed by atoms with E-state index in [4.69, 9.17) is 0 Å². The van der Waals surface area contributed by atoms with Crippen molar-refractivity contribution in [3.8, 4) is 0 Å². The standard InChI is InChI=1S/C20H22N4O2/c1-14(2)15-8-10-17(11-9-15)22-20(26)19-21-13-24(23-19)12-18(25)16-6-4-3-5-7-16/h3-11,13-14,18,25H,12H2,1-2H3,(H,22,26). The van der Waals surface area contributed by atoms with Crippen molar-refractivity contribution in [1.29, 1.82) is 0 Å². The predicted molar refractivity (Wildman–Crippen MR) is 99.9 cm³/mol. The molecule has 1 amide bonds. The number of aromatic nitrogens is 3. The number of nitrogens with one attached hydrogen (secondary N) is 1. The van der Waals surface area contributed by atoms with E-state index in [0.717, 1.165) is 5.56 Å². The second-order valence-corrected chi connectivity index (χ2v) is 6.45. The van der Waals surface area contributed by atoms with E-state index in [1.54, 1.807) is 0 Å². The maximum absolute atomic E-state index is 12.3. The lowest BCUT2D eigenvalue weighted by molar-refractivity contribution is 0.101. The van der Waals surface area contributed by atoms with Gasteiger partial charge in [0.1, 0.15) is 6.33 Å². The van der Waals surface area contributed by atoms with E-state index in [1.807, 2.05) is 54.6 Å². The van der Waals surface area contributed by atoms with E-state index >= 15 is 0 Å². The number of aliphatic hydroxyl groups is 1. The van der Waals surface area contributed by atoms with Crippen LogP contribution >= 0.6 is 0 Å². The molecule has 0 radical (unpaired) electrons. The van der Waals surface area contributed by atoms with Gasteiger partial charge in [0.25, 0.3) is 5.91 Å². The molecule has 0 aliphatic carbocycles. The highest BCUT2D eigenvalue weighted by Gasteiger charge is 2.14. The number of rotatable bonds is 6. The number of amides is 1. The van der Waals surface area contributed by atoms with Gasteiger partial charge in [-0.05, 0) is 29.2 Å². The molecule has 1 unspecified atom stereocenters. The summed E-state index contributed by atoms with van der Waals surface area (Å²) in [4.78, 5) is 16.3. The van der Waals surface area contributed by atoms with Crippen LogP contribution in [-0.4, -0.2) is 25.8 Å². The van der Waals surface area contributed by atoms with Crippen molar-refractivity contribution in [2.45, 2.75) is 32.4 Å². The van der Waals surface area contributed by atoms with Crippen molar-refractivity contribution in [3.63, 3.8) is 0 Å². The Hall–Kier alpha value is -2.99. The van der Waals surface area contributed by atoms with Crippen molar-refractivity contribution in [1.82, 2.24) is 14.8 Å². The van der Waals surface area contributed by atoms with Crippen molar-refractivity contribution in [2.75, 3.05) is 5.32 Å². The molecule has 3 aromatic rings. The van der Waals surface area contributed by atoms with Crippen LogP contribution < -0.4 is 5.32 Å². The van der Waals surface area contributed by atoms with E-state index in [0.29, 0.717) is 11.6 Å². The molecule has 0 fully saturated rings.